The Labute approximate surface area is 354 Å². The normalized spacial score (nSPS) is 35.1. The molecular formula is C51H74N2O6. The maximum atomic E-state index is 12.8. The Hall–Kier alpha value is -2.95. The third kappa shape index (κ3) is 9.45. The van der Waals surface area contributed by atoms with Gasteiger partial charge in [0.15, 0.2) is 0 Å². The van der Waals surface area contributed by atoms with E-state index >= 15 is 0 Å². The zero-order valence-electron chi connectivity index (χ0n) is 36.4. The fourth-order valence-electron chi connectivity index (χ4n) is 12.4. The molecule has 3 saturated carbocycles. The van der Waals surface area contributed by atoms with Crippen molar-refractivity contribution in [2.45, 2.75) is 115 Å². The van der Waals surface area contributed by atoms with Crippen molar-refractivity contribution in [1.82, 2.24) is 10.6 Å². The van der Waals surface area contributed by atoms with Gasteiger partial charge in [0.2, 0.25) is 0 Å². The molecule has 6 N–H and O–H groups in total. The van der Waals surface area contributed by atoms with Gasteiger partial charge in [-0.1, -0.05) is 96.9 Å². The second-order valence-corrected chi connectivity index (χ2v) is 18.9. The minimum atomic E-state index is -1.22. The summed E-state index contributed by atoms with van der Waals surface area (Å²) in [5.41, 5.74) is 5.21. The molecule has 4 aliphatic carbocycles. The zero-order chi connectivity index (χ0) is 42.2. The predicted molar refractivity (Wildman–Crippen MR) is 238 cm³/mol. The second kappa shape index (κ2) is 20.3. The summed E-state index contributed by atoms with van der Waals surface area (Å²) < 4.78 is 5.67. The highest BCUT2D eigenvalue weighted by Gasteiger charge is 2.68. The van der Waals surface area contributed by atoms with Crippen molar-refractivity contribution in [2.24, 2.45) is 40.9 Å². The first-order valence-corrected chi connectivity index (χ1v) is 22.6. The number of carbonyl (C=O) groups is 1. The van der Waals surface area contributed by atoms with E-state index in [4.69, 9.17) is 4.74 Å². The van der Waals surface area contributed by atoms with Gasteiger partial charge in [-0.2, -0.15) is 0 Å². The molecule has 1 aromatic carbocycles. The van der Waals surface area contributed by atoms with Crippen LogP contribution < -0.4 is 10.6 Å². The van der Waals surface area contributed by atoms with Crippen LogP contribution in [0.4, 0.5) is 0 Å². The molecule has 0 unspecified atom stereocenters. The maximum absolute atomic E-state index is 12.8. The number of fused-ring (bicyclic) bond motifs is 5. The fourth-order valence-corrected chi connectivity index (χ4v) is 12.4. The lowest BCUT2D eigenvalue weighted by molar-refractivity contribution is -0.194. The van der Waals surface area contributed by atoms with Crippen molar-refractivity contribution in [1.29, 1.82) is 0 Å². The quantitative estimate of drug-likeness (QED) is 0.0478. The molecule has 1 aromatic rings. The average Bonchev–Trinajstić information content (AvgIpc) is 3.90. The standard InChI is InChI=1S/C51H74N2O6/c1-35-16-17-41(29-38-11-9-12-39(28-38)30-49(53-32-35,24-27-59-5)44-14-6-7-15-44)36(2)10-8-13-43(34-56)45-20-22-51(48(45)57)47-40(21-26-54)18-19-42(46(47)37(3)33-55)31-50(51,58)23-25-52-4/h8-13,16,18-19,28,33,40-42,44-45,47-48,52-54,56-58H,2,6-7,14-15,17,20-27,29-32,34H2,1,3-5H3/t40-,41+,42-,45+,47+,48+,49+,50+,51+/m0/s1. The molecule has 3 fully saturated rings. The molecule has 59 heavy (non-hydrogen) atoms. The zero-order valence-corrected chi connectivity index (χ0v) is 36.4. The van der Waals surface area contributed by atoms with Gasteiger partial charge in [0.25, 0.3) is 0 Å². The van der Waals surface area contributed by atoms with E-state index in [9.17, 15) is 25.2 Å². The summed E-state index contributed by atoms with van der Waals surface area (Å²) in [6.07, 6.45) is 23.9. The molecule has 1 heterocycles. The van der Waals surface area contributed by atoms with Crippen LogP contribution in [0.25, 0.3) is 0 Å². The van der Waals surface area contributed by atoms with Crippen LogP contribution in [0.5, 0.6) is 0 Å². The Balaban J connectivity index is 1.26. The highest BCUT2D eigenvalue weighted by atomic mass is 16.5. The van der Waals surface area contributed by atoms with E-state index in [-0.39, 0.29) is 48.3 Å². The summed E-state index contributed by atoms with van der Waals surface area (Å²) in [5, 5.41) is 53.8. The number of carbonyl (C=O) groups excluding carboxylic acids is 1. The molecule has 0 amide bonds. The van der Waals surface area contributed by atoms with Gasteiger partial charge in [-0.3, -0.25) is 4.79 Å². The molecule has 0 saturated heterocycles. The summed E-state index contributed by atoms with van der Waals surface area (Å²) in [6, 6.07) is 9.14. The number of hydrogen-bond donors (Lipinski definition) is 6. The van der Waals surface area contributed by atoms with E-state index in [0.29, 0.717) is 50.1 Å². The highest BCUT2D eigenvalue weighted by Crippen LogP contribution is 2.67. The average molecular weight is 811 g/mol. The molecule has 4 bridgehead atoms. The molecule has 1 spiro atoms. The van der Waals surface area contributed by atoms with Crippen molar-refractivity contribution < 1.29 is 30.0 Å². The Morgan fingerprint density at radius 1 is 1.12 bits per heavy atom. The highest BCUT2D eigenvalue weighted by molar-refractivity contribution is 5.74. The fraction of sp³-hybridized carbons (Fsp3) is 0.627. The lowest BCUT2D eigenvalue weighted by Gasteiger charge is -2.61. The van der Waals surface area contributed by atoms with Gasteiger partial charge in [0, 0.05) is 49.7 Å². The van der Waals surface area contributed by atoms with Gasteiger partial charge >= 0.3 is 0 Å². The molecule has 324 valence electrons. The molecule has 8 heteroatoms. The van der Waals surface area contributed by atoms with Crippen molar-refractivity contribution in [2.75, 3.05) is 47.1 Å². The Morgan fingerprint density at radius 3 is 2.61 bits per heavy atom. The van der Waals surface area contributed by atoms with E-state index in [1.165, 1.54) is 42.4 Å². The Kier molecular flexibility index (Phi) is 15.7. The molecule has 8 nitrogen and oxygen atoms in total. The van der Waals surface area contributed by atoms with Gasteiger partial charge in [0.05, 0.1) is 18.3 Å². The largest absolute Gasteiger partial charge is 0.396 e. The first-order chi connectivity index (χ1) is 28.5. The van der Waals surface area contributed by atoms with Gasteiger partial charge in [0.1, 0.15) is 6.29 Å². The van der Waals surface area contributed by atoms with Crippen LogP contribution >= 0.6 is 0 Å². The van der Waals surface area contributed by atoms with Crippen molar-refractivity contribution >= 4 is 6.29 Å². The molecule has 0 radical (unpaired) electrons. The summed E-state index contributed by atoms with van der Waals surface area (Å²) in [5.74, 6) is -0.114. The van der Waals surface area contributed by atoms with E-state index in [1.807, 2.05) is 33.2 Å². The summed E-state index contributed by atoms with van der Waals surface area (Å²) >= 11 is 0. The van der Waals surface area contributed by atoms with Crippen LogP contribution in [0.1, 0.15) is 95.6 Å². The van der Waals surface area contributed by atoms with Gasteiger partial charge < -0.3 is 35.8 Å². The van der Waals surface area contributed by atoms with Crippen molar-refractivity contribution in [3.05, 3.63) is 106 Å². The van der Waals surface area contributed by atoms with Crippen LogP contribution in [-0.4, -0.2) is 91.0 Å². The number of aldehydes is 1. The maximum Gasteiger partial charge on any atom is 0.145 e. The topological polar surface area (TPSA) is 131 Å². The number of ether oxygens (including phenoxy) is 1. The molecule has 5 aliphatic rings. The number of hydrogen-bond acceptors (Lipinski definition) is 8. The number of aliphatic hydroxyl groups is 4. The lowest BCUT2D eigenvalue weighted by Crippen LogP contribution is -2.65. The van der Waals surface area contributed by atoms with Crippen LogP contribution in [-0.2, 0) is 22.4 Å². The summed E-state index contributed by atoms with van der Waals surface area (Å²) in [4.78, 5) is 12.3. The van der Waals surface area contributed by atoms with Crippen molar-refractivity contribution in [3.8, 4) is 0 Å². The first kappa shape index (κ1) is 45.6. The van der Waals surface area contributed by atoms with Crippen molar-refractivity contribution in [3.63, 3.8) is 0 Å². The van der Waals surface area contributed by atoms with E-state index < -0.39 is 17.1 Å². The predicted octanol–water partition coefficient (Wildman–Crippen LogP) is 7.14. The van der Waals surface area contributed by atoms with Gasteiger partial charge in [-0.15, -0.1) is 0 Å². The molecule has 0 aromatic heterocycles. The number of methoxy groups -OCH3 is 1. The number of allylic oxidation sites excluding steroid dienone is 9. The third-order valence-corrected chi connectivity index (χ3v) is 15.5. The third-order valence-electron chi connectivity index (χ3n) is 15.5. The molecule has 1 aliphatic heterocycles. The van der Waals surface area contributed by atoms with E-state index in [1.54, 1.807) is 0 Å². The summed E-state index contributed by atoms with van der Waals surface area (Å²) in [7, 11) is 3.68. The Bertz CT molecular complexity index is 1770. The minimum absolute atomic E-state index is 0.00127. The smallest absolute Gasteiger partial charge is 0.145 e. The van der Waals surface area contributed by atoms with Crippen LogP contribution in [0.2, 0.25) is 0 Å². The number of benzene rings is 1. The minimum Gasteiger partial charge on any atom is -0.396 e. The summed E-state index contributed by atoms with van der Waals surface area (Å²) in [6.45, 7) is 10.6. The van der Waals surface area contributed by atoms with E-state index in [0.717, 1.165) is 61.8 Å². The number of aliphatic hydroxyl groups excluding tert-OH is 3. The Morgan fingerprint density at radius 2 is 1.90 bits per heavy atom. The molecule has 9 atom stereocenters. The van der Waals surface area contributed by atoms with Crippen LogP contribution in [0.3, 0.4) is 0 Å². The van der Waals surface area contributed by atoms with Crippen LogP contribution in [0, 0.1) is 40.9 Å². The number of nitrogens with one attached hydrogen (secondary N) is 2. The lowest BCUT2D eigenvalue weighted by atomic mass is 9.45. The van der Waals surface area contributed by atoms with Crippen LogP contribution in [0.15, 0.2) is 95.2 Å². The molecule has 6 rings (SSSR count). The van der Waals surface area contributed by atoms with Gasteiger partial charge in [-0.05, 0) is 144 Å². The number of rotatable bonds is 15. The first-order valence-electron chi connectivity index (χ1n) is 22.6. The molecular weight excluding hydrogens is 737 g/mol. The SMILES string of the molecule is C=C(C=CC=C(CO)[C@H]1CC[C@]2([C@@H]1O)[C@H]1C(=C(C)C=O)[C@@H](C=C[C@H]1CCO)C[C@]2(O)CCNC)[C@@H]1CC=C(C)CN[C@@](CCOC)(C2CCCC2)Cc2cccc(c2)C1. The van der Waals surface area contributed by atoms with E-state index in [2.05, 4.69) is 72.7 Å². The second-order valence-electron chi connectivity index (χ2n) is 18.9. The monoisotopic (exact) mass is 811 g/mol. The van der Waals surface area contributed by atoms with Gasteiger partial charge in [-0.25, -0.2) is 0 Å².